The molecule has 24 heavy (non-hydrogen) atoms. The zero-order valence-electron chi connectivity index (χ0n) is 14.4. The van der Waals surface area contributed by atoms with E-state index in [9.17, 15) is 4.39 Å². The second-order valence-electron chi connectivity index (χ2n) is 6.58. The maximum atomic E-state index is 13.6. The number of aryl methyl sites for hydroxylation is 2. The van der Waals surface area contributed by atoms with Crippen molar-refractivity contribution in [1.29, 1.82) is 0 Å². The summed E-state index contributed by atoms with van der Waals surface area (Å²) in [7, 11) is 0. The lowest BCUT2D eigenvalue weighted by Gasteiger charge is -2.30. The Morgan fingerprint density at radius 1 is 1.12 bits per heavy atom. The first-order chi connectivity index (χ1) is 11.6. The maximum absolute atomic E-state index is 13.6. The summed E-state index contributed by atoms with van der Waals surface area (Å²) < 4.78 is 13.6. The normalized spacial score (nSPS) is 16.0. The van der Waals surface area contributed by atoms with E-state index < -0.39 is 0 Å². The predicted molar refractivity (Wildman–Crippen MR) is 95.9 cm³/mol. The molecule has 0 atom stereocenters. The van der Waals surface area contributed by atoms with Gasteiger partial charge in [0.2, 0.25) is 0 Å². The number of nitrogens with zero attached hydrogens (tertiary/aromatic N) is 2. The van der Waals surface area contributed by atoms with Crippen LogP contribution in [0.5, 0.6) is 0 Å². The lowest BCUT2D eigenvalue weighted by molar-refractivity contribution is -0.918. The minimum absolute atomic E-state index is 0.222. The molecule has 0 aromatic heterocycles. The number of piperazine rings is 1. The van der Waals surface area contributed by atoms with Gasteiger partial charge in [0.05, 0.1) is 32.4 Å². The Morgan fingerprint density at radius 3 is 2.58 bits per heavy atom. The Balaban J connectivity index is 1.53. The number of halogens is 1. The van der Waals surface area contributed by atoms with Gasteiger partial charge in [-0.15, -0.1) is 0 Å². The summed E-state index contributed by atoms with van der Waals surface area (Å²) in [5, 5.41) is 6.48. The average molecular weight is 326 g/mol. The first-order valence-corrected chi connectivity index (χ1v) is 8.55. The van der Waals surface area contributed by atoms with E-state index in [-0.39, 0.29) is 5.82 Å². The van der Waals surface area contributed by atoms with Crippen molar-refractivity contribution in [2.75, 3.05) is 26.2 Å². The summed E-state index contributed by atoms with van der Waals surface area (Å²) >= 11 is 0. The summed E-state index contributed by atoms with van der Waals surface area (Å²) in [6, 6.07) is 13.4. The van der Waals surface area contributed by atoms with Crippen LogP contribution in [-0.4, -0.2) is 37.4 Å². The number of benzene rings is 2. The van der Waals surface area contributed by atoms with Gasteiger partial charge in [-0.2, -0.15) is 5.10 Å². The second kappa shape index (κ2) is 7.58. The minimum Gasteiger partial charge on any atom is -0.328 e. The molecule has 0 unspecified atom stereocenters. The Kier molecular flexibility index (Phi) is 5.26. The summed E-state index contributed by atoms with van der Waals surface area (Å²) in [5.41, 5.74) is 4.67. The summed E-state index contributed by atoms with van der Waals surface area (Å²) in [6.07, 6.45) is 1.63. The maximum Gasteiger partial charge on any atom is 0.132 e. The number of quaternary nitrogens is 1. The number of rotatable bonds is 4. The molecule has 1 fully saturated rings. The molecule has 1 aliphatic heterocycles. The third-order valence-electron chi connectivity index (χ3n) is 4.65. The van der Waals surface area contributed by atoms with Crippen molar-refractivity contribution in [1.82, 2.24) is 5.01 Å². The van der Waals surface area contributed by atoms with Crippen LogP contribution in [0.4, 0.5) is 4.39 Å². The van der Waals surface area contributed by atoms with Crippen molar-refractivity contribution in [3.8, 4) is 0 Å². The smallest absolute Gasteiger partial charge is 0.132 e. The van der Waals surface area contributed by atoms with Gasteiger partial charge in [-0.1, -0.05) is 42.0 Å². The quantitative estimate of drug-likeness (QED) is 0.854. The molecule has 4 heteroatoms. The molecule has 0 radical (unpaired) electrons. The van der Waals surface area contributed by atoms with Crippen molar-refractivity contribution in [3.63, 3.8) is 0 Å². The molecule has 2 aromatic carbocycles. The van der Waals surface area contributed by atoms with Crippen LogP contribution in [0.15, 0.2) is 47.6 Å². The van der Waals surface area contributed by atoms with E-state index in [1.54, 1.807) is 23.2 Å². The van der Waals surface area contributed by atoms with Crippen LogP contribution in [0.25, 0.3) is 0 Å². The van der Waals surface area contributed by atoms with Gasteiger partial charge in [0, 0.05) is 11.1 Å². The van der Waals surface area contributed by atoms with Gasteiger partial charge in [0.15, 0.2) is 0 Å². The van der Waals surface area contributed by atoms with Crippen LogP contribution >= 0.6 is 0 Å². The molecule has 1 heterocycles. The molecular weight excluding hydrogens is 301 g/mol. The number of hydrogen-bond acceptors (Lipinski definition) is 2. The van der Waals surface area contributed by atoms with E-state index in [1.807, 2.05) is 11.1 Å². The number of hydrazone groups is 1. The van der Waals surface area contributed by atoms with E-state index in [0.29, 0.717) is 5.56 Å². The second-order valence-corrected chi connectivity index (χ2v) is 6.58. The Hall–Kier alpha value is -2.20. The van der Waals surface area contributed by atoms with Crippen LogP contribution in [-0.2, 0) is 6.54 Å². The Bertz CT molecular complexity index is 719. The lowest BCUT2D eigenvalue weighted by Crippen LogP contribution is -3.13. The van der Waals surface area contributed by atoms with Crippen LogP contribution in [0.2, 0.25) is 0 Å². The SMILES string of the molecule is Cc1ccc(C[NH+]2CCN(N=Cc3ccccc3F)CC2)c(C)c1. The van der Waals surface area contributed by atoms with Gasteiger partial charge < -0.3 is 4.90 Å². The fraction of sp³-hybridized carbons (Fsp3) is 0.350. The van der Waals surface area contributed by atoms with Crippen molar-refractivity contribution in [3.05, 3.63) is 70.5 Å². The molecule has 1 saturated heterocycles. The van der Waals surface area contributed by atoms with Crippen LogP contribution < -0.4 is 4.90 Å². The highest BCUT2D eigenvalue weighted by Gasteiger charge is 2.19. The third-order valence-corrected chi connectivity index (χ3v) is 4.65. The molecule has 3 nitrogen and oxygen atoms in total. The zero-order valence-corrected chi connectivity index (χ0v) is 14.4. The fourth-order valence-corrected chi connectivity index (χ4v) is 3.14. The largest absolute Gasteiger partial charge is 0.328 e. The molecule has 0 amide bonds. The first kappa shape index (κ1) is 16.7. The van der Waals surface area contributed by atoms with E-state index in [1.165, 1.54) is 22.8 Å². The van der Waals surface area contributed by atoms with Crippen LogP contribution in [0.3, 0.4) is 0 Å². The zero-order chi connectivity index (χ0) is 16.9. The van der Waals surface area contributed by atoms with Gasteiger partial charge in [0.25, 0.3) is 0 Å². The standard InChI is InChI=1S/C20H24FN3/c1-16-7-8-19(17(2)13-16)15-23-9-11-24(12-10-23)22-14-18-5-3-4-6-20(18)21/h3-8,13-14H,9-12,15H2,1-2H3/p+1. The van der Waals surface area contributed by atoms with E-state index >= 15 is 0 Å². The first-order valence-electron chi connectivity index (χ1n) is 8.55. The van der Waals surface area contributed by atoms with Crippen molar-refractivity contribution in [2.45, 2.75) is 20.4 Å². The van der Waals surface area contributed by atoms with E-state index in [0.717, 1.165) is 32.7 Å². The van der Waals surface area contributed by atoms with Gasteiger partial charge in [-0.25, -0.2) is 4.39 Å². The van der Waals surface area contributed by atoms with Gasteiger partial charge in [-0.3, -0.25) is 5.01 Å². The Labute approximate surface area is 143 Å². The molecular formula is C20H25FN3+. The monoisotopic (exact) mass is 326 g/mol. The molecule has 0 aliphatic carbocycles. The van der Waals surface area contributed by atoms with Crippen molar-refractivity contribution >= 4 is 6.21 Å². The lowest BCUT2D eigenvalue weighted by atomic mass is 10.1. The highest BCUT2D eigenvalue weighted by molar-refractivity contribution is 5.79. The summed E-state index contributed by atoms with van der Waals surface area (Å²) in [6.45, 7) is 9.32. The summed E-state index contributed by atoms with van der Waals surface area (Å²) in [5.74, 6) is -0.222. The Morgan fingerprint density at radius 2 is 1.88 bits per heavy atom. The van der Waals surface area contributed by atoms with Crippen LogP contribution in [0.1, 0.15) is 22.3 Å². The average Bonchev–Trinajstić information content (AvgIpc) is 2.58. The molecule has 126 valence electrons. The summed E-state index contributed by atoms with van der Waals surface area (Å²) in [4.78, 5) is 1.58. The van der Waals surface area contributed by atoms with Gasteiger partial charge in [0.1, 0.15) is 12.4 Å². The van der Waals surface area contributed by atoms with Gasteiger partial charge >= 0.3 is 0 Å². The van der Waals surface area contributed by atoms with Crippen molar-refractivity contribution in [2.24, 2.45) is 5.10 Å². The molecule has 0 bridgehead atoms. The number of hydrogen-bond donors (Lipinski definition) is 1. The molecule has 0 saturated carbocycles. The minimum atomic E-state index is -0.222. The van der Waals surface area contributed by atoms with Gasteiger partial charge in [-0.05, 0) is 25.5 Å². The van der Waals surface area contributed by atoms with E-state index in [2.05, 4.69) is 37.1 Å². The number of nitrogens with one attached hydrogen (secondary N) is 1. The third kappa shape index (κ3) is 4.20. The fourth-order valence-electron chi connectivity index (χ4n) is 3.14. The molecule has 2 aromatic rings. The molecule has 0 spiro atoms. The molecule has 1 N–H and O–H groups in total. The molecule has 3 rings (SSSR count). The predicted octanol–water partition coefficient (Wildman–Crippen LogP) is 2.18. The molecule has 1 aliphatic rings. The highest BCUT2D eigenvalue weighted by atomic mass is 19.1. The van der Waals surface area contributed by atoms with Crippen LogP contribution in [0, 0.1) is 19.7 Å². The van der Waals surface area contributed by atoms with E-state index in [4.69, 9.17) is 0 Å². The van der Waals surface area contributed by atoms with Crippen molar-refractivity contribution < 1.29 is 9.29 Å². The topological polar surface area (TPSA) is 20.0 Å². The highest BCUT2D eigenvalue weighted by Crippen LogP contribution is 2.09.